The van der Waals surface area contributed by atoms with Gasteiger partial charge in [-0.1, -0.05) is 36.8 Å². The molecule has 154 valence electrons. The van der Waals surface area contributed by atoms with Gasteiger partial charge in [-0.2, -0.15) is 5.10 Å². The highest BCUT2D eigenvalue weighted by molar-refractivity contribution is 5.91. The van der Waals surface area contributed by atoms with Crippen molar-refractivity contribution in [3.63, 3.8) is 0 Å². The molecule has 1 saturated heterocycles. The van der Waals surface area contributed by atoms with Crippen LogP contribution >= 0.6 is 0 Å². The maximum absolute atomic E-state index is 12.5. The number of rotatable bonds is 6. The van der Waals surface area contributed by atoms with Crippen LogP contribution in [0.2, 0.25) is 0 Å². The molecule has 0 bridgehead atoms. The van der Waals surface area contributed by atoms with E-state index in [9.17, 15) is 9.59 Å². The Bertz CT molecular complexity index is 844. The molecule has 8 nitrogen and oxygen atoms in total. The summed E-state index contributed by atoms with van der Waals surface area (Å²) in [7, 11) is 0. The zero-order valence-corrected chi connectivity index (χ0v) is 16.6. The predicted molar refractivity (Wildman–Crippen MR) is 110 cm³/mol. The molecule has 29 heavy (non-hydrogen) atoms. The molecule has 3 N–H and O–H groups in total. The van der Waals surface area contributed by atoms with Gasteiger partial charge in [0.25, 0.3) is 0 Å². The Labute approximate surface area is 170 Å². The van der Waals surface area contributed by atoms with E-state index in [0.29, 0.717) is 31.9 Å². The number of aromatic amines is 1. The number of carbonyl (C=O) groups is 2. The smallest absolute Gasteiger partial charge is 0.318 e. The number of benzene rings is 1. The molecule has 1 aromatic heterocycles. The fourth-order valence-corrected chi connectivity index (χ4v) is 3.91. The third-order valence-corrected chi connectivity index (χ3v) is 5.58. The molecule has 3 amide bonds. The van der Waals surface area contributed by atoms with E-state index >= 15 is 0 Å². The van der Waals surface area contributed by atoms with Crippen molar-refractivity contribution in [2.75, 3.05) is 25.0 Å². The molecular formula is C21H28N6O2. The van der Waals surface area contributed by atoms with Crippen LogP contribution in [0.3, 0.4) is 0 Å². The molecule has 0 saturated carbocycles. The number of hydrogen-bond acceptors (Lipinski definition) is 4. The summed E-state index contributed by atoms with van der Waals surface area (Å²) in [5.74, 6) is 0.594. The van der Waals surface area contributed by atoms with Crippen LogP contribution in [0.15, 0.2) is 30.3 Å². The number of nitrogens with one attached hydrogen (secondary N) is 3. The summed E-state index contributed by atoms with van der Waals surface area (Å²) in [6.45, 7) is 4.32. The quantitative estimate of drug-likeness (QED) is 0.699. The van der Waals surface area contributed by atoms with Gasteiger partial charge < -0.3 is 20.4 Å². The molecule has 0 unspecified atom stereocenters. The minimum atomic E-state index is -0.130. The van der Waals surface area contributed by atoms with Gasteiger partial charge >= 0.3 is 6.03 Å². The first-order chi connectivity index (χ1) is 14.2. The first-order valence-corrected chi connectivity index (χ1v) is 10.3. The number of fused-ring (bicyclic) bond motifs is 1. The van der Waals surface area contributed by atoms with Gasteiger partial charge in [-0.25, -0.2) is 4.79 Å². The number of aromatic nitrogens is 2. The Balaban J connectivity index is 1.26. The maximum atomic E-state index is 12.5. The summed E-state index contributed by atoms with van der Waals surface area (Å²) >= 11 is 0. The molecule has 0 radical (unpaired) electrons. The van der Waals surface area contributed by atoms with Crippen molar-refractivity contribution >= 4 is 17.8 Å². The van der Waals surface area contributed by atoms with E-state index in [2.05, 4.69) is 25.7 Å². The first-order valence-electron chi connectivity index (χ1n) is 10.3. The summed E-state index contributed by atoms with van der Waals surface area (Å²) < 4.78 is 0. The zero-order valence-electron chi connectivity index (χ0n) is 16.6. The lowest BCUT2D eigenvalue weighted by molar-refractivity contribution is -0.116. The van der Waals surface area contributed by atoms with Crippen LogP contribution in [-0.4, -0.2) is 51.6 Å². The molecule has 1 fully saturated rings. The molecule has 2 aromatic rings. The summed E-state index contributed by atoms with van der Waals surface area (Å²) in [4.78, 5) is 28.9. The Morgan fingerprint density at radius 3 is 2.66 bits per heavy atom. The van der Waals surface area contributed by atoms with E-state index in [-0.39, 0.29) is 11.9 Å². The van der Waals surface area contributed by atoms with Crippen molar-refractivity contribution in [2.45, 2.75) is 45.3 Å². The van der Waals surface area contributed by atoms with Gasteiger partial charge in [0, 0.05) is 25.1 Å². The molecular weight excluding hydrogens is 368 g/mol. The van der Waals surface area contributed by atoms with E-state index in [1.165, 1.54) is 19.3 Å². The lowest BCUT2D eigenvalue weighted by Gasteiger charge is -2.25. The van der Waals surface area contributed by atoms with Crippen molar-refractivity contribution in [3.05, 3.63) is 47.2 Å². The van der Waals surface area contributed by atoms with E-state index < -0.39 is 0 Å². The Morgan fingerprint density at radius 2 is 1.86 bits per heavy atom. The highest BCUT2D eigenvalue weighted by Crippen LogP contribution is 2.27. The number of amides is 3. The van der Waals surface area contributed by atoms with Gasteiger partial charge in [0.05, 0.1) is 18.8 Å². The Hall–Kier alpha value is -2.87. The van der Waals surface area contributed by atoms with Gasteiger partial charge in [-0.05, 0) is 31.5 Å². The average molecular weight is 396 g/mol. The standard InChI is InChI=1S/C21H28N6O2/c28-19(9-12-26-10-5-2-6-11-26)23-20-17-14-27(15-18(17)24-25-20)21(29)22-13-16-7-3-1-4-8-16/h1,3-4,7-8H,2,5-6,9-15H2,(H,22,29)(H2,23,24,25,28). The SMILES string of the molecule is O=C(CCN1CCCCC1)Nc1[nH]nc2c1CN(C(=O)NCc1ccccc1)C2. The van der Waals surface area contributed by atoms with E-state index in [4.69, 9.17) is 0 Å². The summed E-state index contributed by atoms with van der Waals surface area (Å²) in [5.41, 5.74) is 2.76. The average Bonchev–Trinajstić information content (AvgIpc) is 3.34. The van der Waals surface area contributed by atoms with Crippen LogP contribution in [0, 0.1) is 0 Å². The van der Waals surface area contributed by atoms with E-state index in [0.717, 1.165) is 36.5 Å². The zero-order chi connectivity index (χ0) is 20.1. The highest BCUT2D eigenvalue weighted by atomic mass is 16.2. The van der Waals surface area contributed by atoms with Gasteiger partial charge in [0.2, 0.25) is 5.91 Å². The summed E-state index contributed by atoms with van der Waals surface area (Å²) in [6.07, 6.45) is 4.20. The van der Waals surface area contributed by atoms with Crippen LogP contribution in [0.4, 0.5) is 10.6 Å². The highest BCUT2D eigenvalue weighted by Gasteiger charge is 2.29. The molecule has 0 aliphatic carbocycles. The molecule has 3 heterocycles. The number of nitrogens with zero attached hydrogens (tertiary/aromatic N) is 3. The number of anilines is 1. The normalized spacial score (nSPS) is 16.5. The van der Waals surface area contributed by atoms with Crippen LogP contribution < -0.4 is 10.6 Å². The second kappa shape index (κ2) is 9.09. The monoisotopic (exact) mass is 396 g/mol. The van der Waals surface area contributed by atoms with Crippen molar-refractivity contribution < 1.29 is 9.59 Å². The van der Waals surface area contributed by atoms with Gasteiger partial charge in [0.1, 0.15) is 5.82 Å². The van der Waals surface area contributed by atoms with Gasteiger partial charge in [-0.3, -0.25) is 9.89 Å². The fourth-order valence-electron chi connectivity index (χ4n) is 3.91. The maximum Gasteiger partial charge on any atom is 0.318 e. The Kier molecular flexibility index (Phi) is 6.09. The number of piperidine rings is 1. The molecule has 2 aliphatic rings. The number of urea groups is 1. The van der Waals surface area contributed by atoms with E-state index in [1.807, 2.05) is 30.3 Å². The number of likely N-dealkylation sites (tertiary alicyclic amines) is 1. The Morgan fingerprint density at radius 1 is 1.07 bits per heavy atom. The molecule has 4 rings (SSSR count). The number of hydrogen-bond donors (Lipinski definition) is 3. The molecule has 0 atom stereocenters. The van der Waals surface area contributed by atoms with Crippen molar-refractivity contribution in [3.8, 4) is 0 Å². The van der Waals surface area contributed by atoms with Crippen molar-refractivity contribution in [1.29, 1.82) is 0 Å². The molecule has 1 aromatic carbocycles. The molecule has 8 heteroatoms. The number of H-pyrrole nitrogens is 1. The van der Waals surface area contributed by atoms with Crippen LogP contribution in [0.25, 0.3) is 0 Å². The van der Waals surface area contributed by atoms with E-state index in [1.54, 1.807) is 4.90 Å². The fraction of sp³-hybridized carbons (Fsp3) is 0.476. The third kappa shape index (κ3) is 4.95. The minimum absolute atomic E-state index is 0.0194. The minimum Gasteiger partial charge on any atom is -0.334 e. The third-order valence-electron chi connectivity index (χ3n) is 5.58. The molecule has 2 aliphatic heterocycles. The van der Waals surface area contributed by atoms with Crippen LogP contribution in [-0.2, 0) is 24.4 Å². The topological polar surface area (TPSA) is 93.4 Å². The number of carbonyl (C=O) groups excluding carboxylic acids is 2. The largest absolute Gasteiger partial charge is 0.334 e. The van der Waals surface area contributed by atoms with Crippen molar-refractivity contribution in [2.24, 2.45) is 0 Å². The van der Waals surface area contributed by atoms with Crippen molar-refractivity contribution in [1.82, 2.24) is 25.3 Å². The summed E-state index contributed by atoms with van der Waals surface area (Å²) in [6, 6.07) is 9.68. The lowest BCUT2D eigenvalue weighted by Crippen LogP contribution is -2.36. The lowest BCUT2D eigenvalue weighted by atomic mass is 10.1. The van der Waals surface area contributed by atoms with Crippen LogP contribution in [0.5, 0.6) is 0 Å². The van der Waals surface area contributed by atoms with Crippen LogP contribution in [0.1, 0.15) is 42.5 Å². The second-order valence-electron chi connectivity index (χ2n) is 7.72. The van der Waals surface area contributed by atoms with Gasteiger partial charge in [0.15, 0.2) is 0 Å². The van der Waals surface area contributed by atoms with Gasteiger partial charge in [-0.15, -0.1) is 0 Å². The predicted octanol–water partition coefficient (Wildman–Crippen LogP) is 2.45. The molecule has 0 spiro atoms. The summed E-state index contributed by atoms with van der Waals surface area (Å²) in [5, 5.41) is 13.1. The first kappa shape index (κ1) is 19.4. The second-order valence-corrected chi connectivity index (χ2v) is 7.72.